The number of methoxy groups -OCH3 is 1. The van der Waals surface area contributed by atoms with Crippen molar-refractivity contribution in [3.05, 3.63) is 29.8 Å². The summed E-state index contributed by atoms with van der Waals surface area (Å²) in [6, 6.07) is 7.77. The molecule has 0 aliphatic heterocycles. The minimum absolute atomic E-state index is 0.127. The lowest BCUT2D eigenvalue weighted by Crippen LogP contribution is -2.38. The molecule has 1 atom stereocenters. The van der Waals surface area contributed by atoms with Crippen LogP contribution >= 0.6 is 0 Å². The van der Waals surface area contributed by atoms with Gasteiger partial charge in [0.05, 0.1) is 6.61 Å². The molecule has 0 saturated carbocycles. The summed E-state index contributed by atoms with van der Waals surface area (Å²) >= 11 is 0. The van der Waals surface area contributed by atoms with Gasteiger partial charge in [-0.25, -0.2) is 0 Å². The van der Waals surface area contributed by atoms with Gasteiger partial charge in [0.15, 0.2) is 6.10 Å². The number of carbonyl (C=O) groups excluding carboxylic acids is 1. The summed E-state index contributed by atoms with van der Waals surface area (Å²) in [4.78, 5) is 11.7. The van der Waals surface area contributed by atoms with Crippen LogP contribution in [0.15, 0.2) is 24.3 Å². The quantitative estimate of drug-likeness (QED) is 0.751. The molecule has 4 nitrogen and oxygen atoms in total. The molecule has 1 aromatic carbocycles. The van der Waals surface area contributed by atoms with Crippen molar-refractivity contribution in [2.75, 3.05) is 20.3 Å². The Kier molecular flexibility index (Phi) is 6.22. The maximum absolute atomic E-state index is 11.7. The van der Waals surface area contributed by atoms with Gasteiger partial charge >= 0.3 is 0 Å². The summed E-state index contributed by atoms with van der Waals surface area (Å²) in [6.45, 7) is 4.81. The molecule has 1 rings (SSSR count). The minimum Gasteiger partial charge on any atom is -0.481 e. The zero-order valence-electron chi connectivity index (χ0n) is 11.2. The molecule has 0 radical (unpaired) electrons. The van der Waals surface area contributed by atoms with E-state index in [9.17, 15) is 4.79 Å². The largest absolute Gasteiger partial charge is 0.481 e. The van der Waals surface area contributed by atoms with E-state index in [2.05, 4.69) is 12.2 Å². The first-order chi connectivity index (χ1) is 8.69. The number of hydrogen-bond donors (Lipinski definition) is 1. The second-order valence-corrected chi connectivity index (χ2v) is 4.01. The minimum atomic E-state index is -0.505. The van der Waals surface area contributed by atoms with Crippen LogP contribution in [-0.4, -0.2) is 32.3 Å². The average molecular weight is 251 g/mol. The van der Waals surface area contributed by atoms with Crippen LogP contribution in [-0.2, 0) is 16.0 Å². The molecular formula is C14H21NO3. The van der Waals surface area contributed by atoms with Crippen LogP contribution in [0.1, 0.15) is 19.4 Å². The maximum atomic E-state index is 11.7. The number of ether oxygens (including phenoxy) is 2. The zero-order valence-corrected chi connectivity index (χ0v) is 11.2. The van der Waals surface area contributed by atoms with Gasteiger partial charge in [0, 0.05) is 13.7 Å². The van der Waals surface area contributed by atoms with E-state index in [1.165, 1.54) is 0 Å². The highest BCUT2D eigenvalue weighted by molar-refractivity contribution is 5.80. The lowest BCUT2D eigenvalue weighted by Gasteiger charge is -2.16. The van der Waals surface area contributed by atoms with E-state index < -0.39 is 6.10 Å². The monoisotopic (exact) mass is 251 g/mol. The van der Waals surface area contributed by atoms with Crippen LogP contribution in [0.5, 0.6) is 5.75 Å². The Morgan fingerprint density at radius 3 is 2.78 bits per heavy atom. The van der Waals surface area contributed by atoms with Crippen LogP contribution in [0.4, 0.5) is 0 Å². The highest BCUT2D eigenvalue weighted by atomic mass is 16.5. The molecule has 4 heteroatoms. The lowest BCUT2D eigenvalue weighted by atomic mass is 10.1. The van der Waals surface area contributed by atoms with E-state index in [1.54, 1.807) is 14.0 Å². The van der Waals surface area contributed by atoms with Crippen LogP contribution in [0.3, 0.4) is 0 Å². The van der Waals surface area contributed by atoms with Gasteiger partial charge in [-0.1, -0.05) is 25.1 Å². The average Bonchev–Trinajstić information content (AvgIpc) is 2.39. The maximum Gasteiger partial charge on any atom is 0.260 e. The van der Waals surface area contributed by atoms with Crippen molar-refractivity contribution >= 4 is 5.91 Å². The fraction of sp³-hybridized carbons (Fsp3) is 0.500. The molecule has 0 bridgehead atoms. The smallest absolute Gasteiger partial charge is 0.260 e. The molecule has 0 heterocycles. The SMILES string of the molecule is CCc1ccccc1O[C@@H](C)C(=O)NCCOC. The number of carbonyl (C=O) groups is 1. The molecule has 18 heavy (non-hydrogen) atoms. The standard InChI is InChI=1S/C14H21NO3/c1-4-12-7-5-6-8-13(12)18-11(2)14(16)15-9-10-17-3/h5-8,11H,4,9-10H2,1-3H3,(H,15,16)/t11-/m0/s1. The predicted octanol–water partition coefficient (Wildman–Crippen LogP) is 1.78. The van der Waals surface area contributed by atoms with Crippen molar-refractivity contribution in [3.63, 3.8) is 0 Å². The molecule has 100 valence electrons. The molecule has 1 amide bonds. The number of benzene rings is 1. The third kappa shape index (κ3) is 4.37. The van der Waals surface area contributed by atoms with E-state index in [4.69, 9.17) is 9.47 Å². The van der Waals surface area contributed by atoms with Gasteiger partial charge in [-0.3, -0.25) is 4.79 Å². The van der Waals surface area contributed by atoms with Gasteiger partial charge in [0.1, 0.15) is 5.75 Å². The molecule has 0 fully saturated rings. The fourth-order valence-electron chi connectivity index (χ4n) is 1.57. The Balaban J connectivity index is 2.52. The summed E-state index contributed by atoms with van der Waals surface area (Å²) in [7, 11) is 1.60. The van der Waals surface area contributed by atoms with E-state index in [1.807, 2.05) is 24.3 Å². The topological polar surface area (TPSA) is 47.6 Å². The van der Waals surface area contributed by atoms with E-state index in [0.717, 1.165) is 17.7 Å². The van der Waals surface area contributed by atoms with Crippen LogP contribution in [0, 0.1) is 0 Å². The molecule has 0 aliphatic carbocycles. The molecule has 0 saturated heterocycles. The molecule has 1 N–H and O–H groups in total. The molecule has 0 spiro atoms. The Morgan fingerprint density at radius 1 is 1.39 bits per heavy atom. The van der Waals surface area contributed by atoms with Crippen LogP contribution in [0.25, 0.3) is 0 Å². The van der Waals surface area contributed by atoms with Crippen molar-refractivity contribution in [1.29, 1.82) is 0 Å². The Hall–Kier alpha value is -1.55. The van der Waals surface area contributed by atoms with Gasteiger partial charge in [0.25, 0.3) is 5.91 Å². The van der Waals surface area contributed by atoms with Crippen molar-refractivity contribution < 1.29 is 14.3 Å². The van der Waals surface area contributed by atoms with Gasteiger partial charge in [-0.15, -0.1) is 0 Å². The third-order valence-electron chi connectivity index (χ3n) is 2.63. The van der Waals surface area contributed by atoms with Crippen molar-refractivity contribution in [1.82, 2.24) is 5.32 Å². The highest BCUT2D eigenvalue weighted by Crippen LogP contribution is 2.19. The second kappa shape index (κ2) is 7.71. The lowest BCUT2D eigenvalue weighted by molar-refractivity contribution is -0.127. The van der Waals surface area contributed by atoms with E-state index in [0.29, 0.717) is 13.2 Å². The van der Waals surface area contributed by atoms with Crippen molar-refractivity contribution in [2.45, 2.75) is 26.4 Å². The zero-order chi connectivity index (χ0) is 13.4. The summed E-state index contributed by atoms with van der Waals surface area (Å²) in [5.41, 5.74) is 1.11. The first kappa shape index (κ1) is 14.5. The van der Waals surface area contributed by atoms with Gasteiger partial charge < -0.3 is 14.8 Å². The molecule has 0 unspecified atom stereocenters. The number of nitrogens with one attached hydrogen (secondary N) is 1. The Labute approximate surface area is 108 Å². The predicted molar refractivity (Wildman–Crippen MR) is 70.8 cm³/mol. The fourth-order valence-corrected chi connectivity index (χ4v) is 1.57. The third-order valence-corrected chi connectivity index (χ3v) is 2.63. The molecule has 1 aromatic rings. The summed E-state index contributed by atoms with van der Waals surface area (Å²) in [6.07, 6.45) is 0.378. The summed E-state index contributed by atoms with van der Waals surface area (Å²) in [5.74, 6) is 0.646. The normalized spacial score (nSPS) is 11.9. The first-order valence-corrected chi connectivity index (χ1v) is 6.20. The van der Waals surface area contributed by atoms with Crippen molar-refractivity contribution in [3.8, 4) is 5.75 Å². The summed E-state index contributed by atoms with van der Waals surface area (Å²) < 4.78 is 10.5. The molecular weight excluding hydrogens is 230 g/mol. The number of rotatable bonds is 7. The molecule has 0 aromatic heterocycles. The number of amides is 1. The Morgan fingerprint density at radius 2 is 2.11 bits per heavy atom. The van der Waals surface area contributed by atoms with Crippen molar-refractivity contribution in [2.24, 2.45) is 0 Å². The van der Waals surface area contributed by atoms with Crippen LogP contribution in [0.2, 0.25) is 0 Å². The van der Waals surface area contributed by atoms with Gasteiger partial charge in [-0.2, -0.15) is 0 Å². The summed E-state index contributed by atoms with van der Waals surface area (Å²) in [5, 5.41) is 2.75. The molecule has 0 aliphatic rings. The van der Waals surface area contributed by atoms with Gasteiger partial charge in [0.2, 0.25) is 0 Å². The number of para-hydroxylation sites is 1. The Bertz CT molecular complexity index is 379. The first-order valence-electron chi connectivity index (χ1n) is 6.20. The van der Waals surface area contributed by atoms with E-state index >= 15 is 0 Å². The van der Waals surface area contributed by atoms with E-state index in [-0.39, 0.29) is 5.91 Å². The second-order valence-electron chi connectivity index (χ2n) is 4.01. The highest BCUT2D eigenvalue weighted by Gasteiger charge is 2.15. The number of hydrogen-bond acceptors (Lipinski definition) is 3. The van der Waals surface area contributed by atoms with Gasteiger partial charge in [-0.05, 0) is 25.0 Å². The van der Waals surface area contributed by atoms with Crippen LogP contribution < -0.4 is 10.1 Å². The number of aryl methyl sites for hydroxylation is 1.